The summed E-state index contributed by atoms with van der Waals surface area (Å²) in [5.74, 6) is 0.409. The van der Waals surface area contributed by atoms with Gasteiger partial charge in [0.2, 0.25) is 5.88 Å². The van der Waals surface area contributed by atoms with Crippen LogP contribution in [-0.2, 0) is 10.0 Å². The lowest BCUT2D eigenvalue weighted by Crippen LogP contribution is -2.14. The number of pyridine rings is 1. The minimum Gasteiger partial charge on any atom is -0.481 e. The summed E-state index contributed by atoms with van der Waals surface area (Å²) < 4.78 is 32.0. The predicted octanol–water partition coefficient (Wildman–Crippen LogP) is 2.85. The van der Waals surface area contributed by atoms with Crippen LogP contribution in [-0.4, -0.2) is 20.5 Å². The fourth-order valence-corrected chi connectivity index (χ4v) is 3.19. The van der Waals surface area contributed by atoms with E-state index in [0.717, 1.165) is 0 Å². The highest BCUT2D eigenvalue weighted by atomic mass is 35.5. The Balaban J connectivity index is 2.32. The van der Waals surface area contributed by atoms with Crippen molar-refractivity contribution < 1.29 is 13.2 Å². The largest absolute Gasteiger partial charge is 0.481 e. The molecule has 0 amide bonds. The van der Waals surface area contributed by atoms with E-state index >= 15 is 0 Å². The number of anilines is 1. The Hall–Kier alpha value is -1.79. The number of hydrogen-bond donors (Lipinski definition) is 1. The molecule has 0 aliphatic carbocycles. The lowest BCUT2D eigenvalue weighted by molar-refractivity contribution is 0.398. The van der Waals surface area contributed by atoms with E-state index in [4.69, 9.17) is 16.3 Å². The molecule has 7 heteroatoms. The molecule has 0 saturated heterocycles. The number of rotatable bonds is 4. The van der Waals surface area contributed by atoms with Gasteiger partial charge < -0.3 is 4.74 Å². The van der Waals surface area contributed by atoms with Gasteiger partial charge in [-0.25, -0.2) is 13.4 Å². The summed E-state index contributed by atoms with van der Waals surface area (Å²) in [5, 5.41) is 0.365. The maximum absolute atomic E-state index is 12.3. The Labute approximate surface area is 122 Å². The predicted molar refractivity (Wildman–Crippen MR) is 77.8 cm³/mol. The zero-order chi connectivity index (χ0) is 14.8. The molecule has 0 atom stereocenters. The highest BCUT2D eigenvalue weighted by molar-refractivity contribution is 7.92. The van der Waals surface area contributed by atoms with Crippen molar-refractivity contribution in [1.82, 2.24) is 4.98 Å². The van der Waals surface area contributed by atoms with Crippen LogP contribution in [0, 0.1) is 6.92 Å². The van der Waals surface area contributed by atoms with Crippen LogP contribution in [0.5, 0.6) is 5.88 Å². The molecule has 0 bridgehead atoms. The normalized spacial score (nSPS) is 11.2. The molecule has 1 heterocycles. The minimum absolute atomic E-state index is 0.140. The second kappa shape index (κ2) is 5.68. The summed E-state index contributed by atoms with van der Waals surface area (Å²) in [4.78, 5) is 4.08. The number of benzene rings is 1. The smallest absolute Gasteiger partial charge is 0.262 e. The van der Waals surface area contributed by atoms with Gasteiger partial charge >= 0.3 is 0 Å². The first-order chi connectivity index (χ1) is 9.42. The van der Waals surface area contributed by atoms with Crippen LogP contribution >= 0.6 is 11.6 Å². The van der Waals surface area contributed by atoms with Crippen LogP contribution in [0.15, 0.2) is 41.4 Å². The van der Waals surface area contributed by atoms with Gasteiger partial charge in [0.05, 0.1) is 23.9 Å². The van der Waals surface area contributed by atoms with Crippen LogP contribution < -0.4 is 9.46 Å². The van der Waals surface area contributed by atoms with Crippen LogP contribution in [0.2, 0.25) is 5.02 Å². The highest BCUT2D eigenvalue weighted by Gasteiger charge is 2.17. The standard InChI is InChI=1S/C13H13ClN2O3S/c1-9-3-4-10(14)7-12(9)20(17,18)16-11-5-6-13(19-2)15-8-11/h3-8,16H,1-2H3. The van der Waals surface area contributed by atoms with Gasteiger partial charge in [-0.2, -0.15) is 0 Å². The van der Waals surface area contributed by atoms with Crippen molar-refractivity contribution in [3.63, 3.8) is 0 Å². The first-order valence-electron chi connectivity index (χ1n) is 5.71. The van der Waals surface area contributed by atoms with E-state index in [1.54, 1.807) is 31.2 Å². The molecule has 1 N–H and O–H groups in total. The molecule has 106 valence electrons. The van der Waals surface area contributed by atoms with Gasteiger partial charge in [0, 0.05) is 11.1 Å². The average Bonchev–Trinajstić information content (AvgIpc) is 2.42. The van der Waals surface area contributed by atoms with Gasteiger partial charge in [0.25, 0.3) is 10.0 Å². The third-order valence-corrected chi connectivity index (χ3v) is 4.40. The van der Waals surface area contributed by atoms with Crippen LogP contribution in [0.4, 0.5) is 5.69 Å². The molecule has 0 unspecified atom stereocenters. The number of halogens is 1. The SMILES string of the molecule is COc1ccc(NS(=O)(=O)c2cc(Cl)ccc2C)cn1. The van der Waals surface area contributed by atoms with Crippen molar-refractivity contribution in [3.05, 3.63) is 47.1 Å². The van der Waals surface area contributed by atoms with Gasteiger partial charge in [0.1, 0.15) is 0 Å². The third kappa shape index (κ3) is 3.20. The number of sulfonamides is 1. The molecule has 0 aliphatic heterocycles. The van der Waals surface area contributed by atoms with Crippen LogP contribution in [0.3, 0.4) is 0 Å². The zero-order valence-electron chi connectivity index (χ0n) is 10.9. The van der Waals surface area contributed by atoms with Gasteiger partial charge in [-0.05, 0) is 30.7 Å². The number of nitrogens with one attached hydrogen (secondary N) is 1. The Morgan fingerprint density at radius 1 is 1.25 bits per heavy atom. The van der Waals surface area contributed by atoms with Crippen molar-refractivity contribution in [2.75, 3.05) is 11.8 Å². The molecule has 5 nitrogen and oxygen atoms in total. The van der Waals surface area contributed by atoms with Crippen molar-refractivity contribution in [2.45, 2.75) is 11.8 Å². The molecule has 0 aliphatic rings. The van der Waals surface area contributed by atoms with E-state index in [1.165, 1.54) is 19.4 Å². The molecular weight excluding hydrogens is 300 g/mol. The molecule has 0 saturated carbocycles. The van der Waals surface area contributed by atoms with Crippen molar-refractivity contribution >= 4 is 27.3 Å². The number of aromatic nitrogens is 1. The molecule has 2 aromatic rings. The average molecular weight is 313 g/mol. The summed E-state index contributed by atoms with van der Waals surface area (Å²) >= 11 is 5.84. The van der Waals surface area contributed by atoms with Crippen LogP contribution in [0.25, 0.3) is 0 Å². The summed E-state index contributed by atoms with van der Waals surface area (Å²) in [7, 11) is -2.21. The summed E-state index contributed by atoms with van der Waals surface area (Å²) in [6.07, 6.45) is 1.39. The molecule has 0 fully saturated rings. The van der Waals surface area contributed by atoms with E-state index in [9.17, 15) is 8.42 Å². The number of methoxy groups -OCH3 is 1. The Morgan fingerprint density at radius 3 is 2.60 bits per heavy atom. The van der Waals surface area contributed by atoms with E-state index in [1.807, 2.05) is 0 Å². The van der Waals surface area contributed by atoms with E-state index in [0.29, 0.717) is 22.2 Å². The zero-order valence-corrected chi connectivity index (χ0v) is 12.5. The maximum atomic E-state index is 12.3. The number of aryl methyl sites for hydroxylation is 1. The summed E-state index contributed by atoms with van der Waals surface area (Å²) in [6.45, 7) is 1.71. The van der Waals surface area contributed by atoms with Crippen molar-refractivity contribution in [3.8, 4) is 5.88 Å². The van der Waals surface area contributed by atoms with Gasteiger partial charge in [-0.15, -0.1) is 0 Å². The maximum Gasteiger partial charge on any atom is 0.262 e. The summed E-state index contributed by atoms with van der Waals surface area (Å²) in [5.41, 5.74) is 0.966. The van der Waals surface area contributed by atoms with Gasteiger partial charge in [-0.3, -0.25) is 4.72 Å². The lowest BCUT2D eigenvalue weighted by Gasteiger charge is -2.10. The molecular formula is C13H13ClN2O3S. The Bertz CT molecular complexity index is 715. The summed E-state index contributed by atoms with van der Waals surface area (Å²) in [6, 6.07) is 7.86. The fourth-order valence-electron chi connectivity index (χ4n) is 1.63. The monoisotopic (exact) mass is 312 g/mol. The number of nitrogens with zero attached hydrogens (tertiary/aromatic N) is 1. The Morgan fingerprint density at radius 2 is 2.00 bits per heavy atom. The van der Waals surface area contributed by atoms with Crippen molar-refractivity contribution in [2.24, 2.45) is 0 Å². The molecule has 1 aromatic heterocycles. The first-order valence-corrected chi connectivity index (χ1v) is 7.57. The second-order valence-electron chi connectivity index (χ2n) is 4.10. The van der Waals surface area contributed by atoms with E-state index in [2.05, 4.69) is 9.71 Å². The molecule has 1 aromatic carbocycles. The topological polar surface area (TPSA) is 68.3 Å². The van der Waals surface area contributed by atoms with E-state index < -0.39 is 10.0 Å². The molecule has 2 rings (SSSR count). The Kier molecular flexibility index (Phi) is 4.15. The van der Waals surface area contributed by atoms with Crippen molar-refractivity contribution in [1.29, 1.82) is 0 Å². The number of hydrogen-bond acceptors (Lipinski definition) is 4. The molecule has 0 spiro atoms. The highest BCUT2D eigenvalue weighted by Crippen LogP contribution is 2.23. The minimum atomic E-state index is -3.70. The second-order valence-corrected chi connectivity index (χ2v) is 6.19. The fraction of sp³-hybridized carbons (Fsp3) is 0.154. The lowest BCUT2D eigenvalue weighted by atomic mass is 10.2. The quantitative estimate of drug-likeness (QED) is 0.942. The third-order valence-electron chi connectivity index (χ3n) is 2.64. The molecule has 0 radical (unpaired) electrons. The van der Waals surface area contributed by atoms with Crippen LogP contribution in [0.1, 0.15) is 5.56 Å². The van der Waals surface area contributed by atoms with Gasteiger partial charge in [0.15, 0.2) is 0 Å². The number of ether oxygens (including phenoxy) is 1. The van der Waals surface area contributed by atoms with Gasteiger partial charge in [-0.1, -0.05) is 17.7 Å². The first kappa shape index (κ1) is 14.6. The molecule has 20 heavy (non-hydrogen) atoms. The van der Waals surface area contributed by atoms with E-state index in [-0.39, 0.29) is 4.90 Å².